The van der Waals surface area contributed by atoms with Crippen LogP contribution in [-0.2, 0) is 0 Å². The molecule has 0 aliphatic carbocycles. The van der Waals surface area contributed by atoms with Gasteiger partial charge in [-0.2, -0.15) is 0 Å². The third kappa shape index (κ3) is 2.28. The van der Waals surface area contributed by atoms with Crippen LogP contribution in [0.1, 0.15) is 30.1 Å². The molecule has 16 heavy (non-hydrogen) atoms. The molecule has 2 atom stereocenters. The number of aliphatic hydroxyl groups is 1. The van der Waals surface area contributed by atoms with Gasteiger partial charge in [-0.3, -0.25) is 4.98 Å². The zero-order valence-corrected chi connectivity index (χ0v) is 9.25. The van der Waals surface area contributed by atoms with Crippen LogP contribution in [0.4, 0.5) is 0 Å². The van der Waals surface area contributed by atoms with E-state index in [1.165, 1.54) is 0 Å². The Bertz CT molecular complexity index is 384. The van der Waals surface area contributed by atoms with Crippen LogP contribution >= 0.6 is 0 Å². The molecule has 2 nitrogen and oxygen atoms in total. The van der Waals surface area contributed by atoms with E-state index in [2.05, 4.69) is 4.98 Å². The molecule has 82 valence electrons. The predicted octanol–water partition coefficient (Wildman–Crippen LogP) is 2.92. The average molecular weight is 213 g/mol. The molecular formula is C14H15NO. The maximum Gasteiger partial charge on any atom is 0.0870 e. The van der Waals surface area contributed by atoms with E-state index in [1.54, 1.807) is 12.4 Å². The molecule has 1 aromatic carbocycles. The van der Waals surface area contributed by atoms with Gasteiger partial charge in [-0.1, -0.05) is 43.3 Å². The Hall–Kier alpha value is -1.67. The van der Waals surface area contributed by atoms with Crippen molar-refractivity contribution in [2.24, 2.45) is 0 Å². The highest BCUT2D eigenvalue weighted by molar-refractivity contribution is 5.24. The molecule has 1 aromatic heterocycles. The molecule has 0 aliphatic rings. The molecule has 1 N–H and O–H groups in total. The quantitative estimate of drug-likeness (QED) is 0.850. The van der Waals surface area contributed by atoms with Crippen molar-refractivity contribution in [2.75, 3.05) is 0 Å². The Morgan fingerprint density at radius 1 is 1.00 bits per heavy atom. The van der Waals surface area contributed by atoms with Gasteiger partial charge in [-0.05, 0) is 17.2 Å². The van der Waals surface area contributed by atoms with Crippen LogP contribution < -0.4 is 0 Å². The first kappa shape index (κ1) is 10.8. The highest BCUT2D eigenvalue weighted by Gasteiger charge is 2.17. The number of nitrogens with zero attached hydrogens (tertiary/aromatic N) is 1. The van der Waals surface area contributed by atoms with E-state index >= 15 is 0 Å². The molecule has 0 saturated carbocycles. The number of benzene rings is 1. The summed E-state index contributed by atoms with van der Waals surface area (Å²) in [5.41, 5.74) is 2.00. The van der Waals surface area contributed by atoms with Crippen molar-refractivity contribution < 1.29 is 5.11 Å². The second-order valence-corrected chi connectivity index (χ2v) is 3.93. The van der Waals surface area contributed by atoms with Gasteiger partial charge in [0.25, 0.3) is 0 Å². The van der Waals surface area contributed by atoms with Crippen LogP contribution in [0.25, 0.3) is 0 Å². The molecule has 2 heteroatoms. The average Bonchev–Trinajstić information content (AvgIpc) is 2.39. The number of pyridine rings is 1. The van der Waals surface area contributed by atoms with E-state index in [0.29, 0.717) is 0 Å². The highest BCUT2D eigenvalue weighted by atomic mass is 16.3. The maximum absolute atomic E-state index is 10.2. The van der Waals surface area contributed by atoms with Crippen molar-refractivity contribution in [1.29, 1.82) is 0 Å². The largest absolute Gasteiger partial charge is 0.388 e. The second-order valence-electron chi connectivity index (χ2n) is 3.93. The number of hydrogen-bond donors (Lipinski definition) is 1. The van der Waals surface area contributed by atoms with Crippen molar-refractivity contribution in [2.45, 2.75) is 18.9 Å². The summed E-state index contributed by atoms with van der Waals surface area (Å²) in [5.74, 6) is 0.0744. The fraction of sp³-hybridized carbons (Fsp3) is 0.214. The van der Waals surface area contributed by atoms with Gasteiger partial charge >= 0.3 is 0 Å². The van der Waals surface area contributed by atoms with Gasteiger partial charge in [0.1, 0.15) is 0 Å². The number of rotatable bonds is 3. The lowest BCUT2D eigenvalue weighted by Gasteiger charge is -2.19. The zero-order valence-electron chi connectivity index (χ0n) is 9.25. The van der Waals surface area contributed by atoms with Crippen LogP contribution in [0.3, 0.4) is 0 Å². The standard InChI is InChI=1S/C14H15NO/c1-11(12-6-3-2-4-7-12)14(16)13-8-5-9-15-10-13/h2-11,14,16H,1H3/t11-,14+/m0/s1. The Morgan fingerprint density at radius 3 is 2.31 bits per heavy atom. The van der Waals surface area contributed by atoms with E-state index in [0.717, 1.165) is 11.1 Å². The SMILES string of the molecule is C[C@@H](c1ccccc1)[C@@H](O)c1cccnc1. The van der Waals surface area contributed by atoms with Gasteiger partial charge < -0.3 is 5.11 Å². The number of aliphatic hydroxyl groups excluding tert-OH is 1. The van der Waals surface area contributed by atoms with E-state index in [1.807, 2.05) is 49.4 Å². The van der Waals surface area contributed by atoms with Gasteiger partial charge in [-0.25, -0.2) is 0 Å². The van der Waals surface area contributed by atoms with Crippen molar-refractivity contribution in [3.63, 3.8) is 0 Å². The van der Waals surface area contributed by atoms with Gasteiger partial charge in [0, 0.05) is 18.3 Å². The summed E-state index contributed by atoms with van der Waals surface area (Å²) in [6.07, 6.45) is 2.92. The maximum atomic E-state index is 10.2. The Kier molecular flexibility index (Phi) is 3.32. The Balaban J connectivity index is 2.20. The normalized spacial score (nSPS) is 14.4. The zero-order chi connectivity index (χ0) is 11.4. The minimum Gasteiger partial charge on any atom is -0.388 e. The van der Waals surface area contributed by atoms with Gasteiger partial charge in [0.2, 0.25) is 0 Å². The fourth-order valence-corrected chi connectivity index (χ4v) is 1.78. The molecule has 0 amide bonds. The van der Waals surface area contributed by atoms with Crippen molar-refractivity contribution in [3.05, 3.63) is 66.0 Å². The fourth-order valence-electron chi connectivity index (χ4n) is 1.78. The minimum atomic E-state index is -0.504. The minimum absolute atomic E-state index is 0.0744. The third-order valence-corrected chi connectivity index (χ3v) is 2.82. The van der Waals surface area contributed by atoms with E-state index < -0.39 is 6.10 Å². The van der Waals surface area contributed by atoms with Crippen molar-refractivity contribution >= 4 is 0 Å². The summed E-state index contributed by atoms with van der Waals surface area (Å²) in [5, 5.41) is 10.2. The summed E-state index contributed by atoms with van der Waals surface area (Å²) in [7, 11) is 0. The van der Waals surface area contributed by atoms with E-state index in [-0.39, 0.29) is 5.92 Å². The van der Waals surface area contributed by atoms with Crippen molar-refractivity contribution in [3.8, 4) is 0 Å². The molecule has 2 rings (SSSR count). The molecule has 0 radical (unpaired) electrons. The molecule has 0 saturated heterocycles. The smallest absolute Gasteiger partial charge is 0.0870 e. The lowest BCUT2D eigenvalue weighted by atomic mass is 9.92. The van der Waals surface area contributed by atoms with E-state index in [4.69, 9.17) is 0 Å². The van der Waals surface area contributed by atoms with Gasteiger partial charge in [-0.15, -0.1) is 0 Å². The summed E-state index contributed by atoms with van der Waals surface area (Å²) in [6.45, 7) is 2.02. The molecule has 0 fully saturated rings. The van der Waals surface area contributed by atoms with Crippen LogP contribution in [0.5, 0.6) is 0 Å². The summed E-state index contributed by atoms with van der Waals surface area (Å²) in [4.78, 5) is 4.02. The van der Waals surface area contributed by atoms with Crippen molar-refractivity contribution in [1.82, 2.24) is 4.98 Å². The summed E-state index contributed by atoms with van der Waals surface area (Å²) >= 11 is 0. The molecule has 1 heterocycles. The molecular weight excluding hydrogens is 198 g/mol. The molecule has 0 bridgehead atoms. The first-order valence-corrected chi connectivity index (χ1v) is 5.42. The Morgan fingerprint density at radius 2 is 1.69 bits per heavy atom. The summed E-state index contributed by atoms with van der Waals surface area (Å²) in [6, 6.07) is 13.8. The summed E-state index contributed by atoms with van der Waals surface area (Å²) < 4.78 is 0. The topological polar surface area (TPSA) is 33.1 Å². The van der Waals surface area contributed by atoms with Crippen LogP contribution in [0, 0.1) is 0 Å². The molecule has 0 spiro atoms. The van der Waals surface area contributed by atoms with Crippen LogP contribution in [-0.4, -0.2) is 10.1 Å². The lowest BCUT2D eigenvalue weighted by Crippen LogP contribution is -2.07. The highest BCUT2D eigenvalue weighted by Crippen LogP contribution is 2.29. The van der Waals surface area contributed by atoms with E-state index in [9.17, 15) is 5.11 Å². The first-order chi connectivity index (χ1) is 7.79. The lowest BCUT2D eigenvalue weighted by molar-refractivity contribution is 0.151. The monoisotopic (exact) mass is 213 g/mol. The number of hydrogen-bond acceptors (Lipinski definition) is 2. The van der Waals surface area contributed by atoms with Gasteiger partial charge in [0.05, 0.1) is 6.10 Å². The van der Waals surface area contributed by atoms with Crippen LogP contribution in [0.15, 0.2) is 54.9 Å². The van der Waals surface area contributed by atoms with Gasteiger partial charge in [0.15, 0.2) is 0 Å². The molecule has 2 aromatic rings. The Labute approximate surface area is 95.6 Å². The predicted molar refractivity (Wildman–Crippen MR) is 64.1 cm³/mol. The number of aromatic nitrogens is 1. The second kappa shape index (κ2) is 4.90. The molecule has 0 unspecified atom stereocenters. The van der Waals surface area contributed by atoms with Crippen LogP contribution in [0.2, 0.25) is 0 Å². The third-order valence-electron chi connectivity index (χ3n) is 2.82. The first-order valence-electron chi connectivity index (χ1n) is 5.42. The molecule has 0 aliphatic heterocycles.